The molecule has 0 fully saturated rings. The Bertz CT molecular complexity index is 351. The summed E-state index contributed by atoms with van der Waals surface area (Å²) in [4.78, 5) is 11.0. The van der Waals surface area contributed by atoms with Crippen molar-refractivity contribution in [3.05, 3.63) is 35.4 Å². The van der Waals surface area contributed by atoms with E-state index in [1.54, 1.807) is 18.7 Å². The van der Waals surface area contributed by atoms with Gasteiger partial charge in [0.25, 0.3) is 0 Å². The molecular weight excluding hydrogens is 194 g/mol. The monoisotopic (exact) mass is 207 g/mol. The zero-order chi connectivity index (χ0) is 9.97. The Morgan fingerprint density at radius 2 is 2.29 bits per heavy atom. The second-order valence-electron chi connectivity index (χ2n) is 3.40. The van der Waals surface area contributed by atoms with Gasteiger partial charge in [-0.15, -0.1) is 11.8 Å². The maximum atomic E-state index is 11.0. The molecule has 1 aliphatic rings. The summed E-state index contributed by atoms with van der Waals surface area (Å²) in [5, 5.41) is 3.11. The number of thioether (sulfide) groups is 1. The normalized spacial score (nSPS) is 19.9. The van der Waals surface area contributed by atoms with Crippen molar-refractivity contribution in [2.45, 2.75) is 18.7 Å². The number of benzene rings is 1. The first kappa shape index (κ1) is 9.59. The van der Waals surface area contributed by atoms with Crippen LogP contribution in [0.3, 0.4) is 0 Å². The number of carbonyl (C=O) groups is 1. The van der Waals surface area contributed by atoms with E-state index in [0.717, 1.165) is 12.2 Å². The average Bonchev–Trinajstić information content (AvgIpc) is 2.18. The zero-order valence-electron chi connectivity index (χ0n) is 8.12. The molecule has 2 nitrogen and oxygen atoms in total. The van der Waals surface area contributed by atoms with Gasteiger partial charge in [-0.2, -0.15) is 0 Å². The van der Waals surface area contributed by atoms with Crippen LogP contribution in [0.2, 0.25) is 0 Å². The van der Waals surface area contributed by atoms with Crippen molar-refractivity contribution in [2.75, 3.05) is 5.75 Å². The molecule has 1 aromatic rings. The maximum absolute atomic E-state index is 11.0. The van der Waals surface area contributed by atoms with Gasteiger partial charge in [-0.1, -0.05) is 24.3 Å². The highest BCUT2D eigenvalue weighted by Crippen LogP contribution is 2.34. The number of fused-ring (bicyclic) bond motifs is 1. The molecule has 0 radical (unpaired) electrons. The molecule has 1 atom stereocenters. The molecular formula is C11H13NOS. The minimum Gasteiger partial charge on any atom is -0.340 e. The van der Waals surface area contributed by atoms with Crippen molar-refractivity contribution in [1.29, 1.82) is 0 Å². The summed E-state index contributed by atoms with van der Waals surface area (Å²) in [6.45, 7) is 1.57. The summed E-state index contributed by atoms with van der Waals surface area (Å²) in [7, 11) is 0. The largest absolute Gasteiger partial charge is 0.340 e. The Labute approximate surface area is 88.1 Å². The first-order valence-electron chi connectivity index (χ1n) is 4.74. The Morgan fingerprint density at radius 3 is 3.07 bits per heavy atom. The maximum Gasteiger partial charge on any atom is 0.218 e. The van der Waals surface area contributed by atoms with Crippen molar-refractivity contribution < 1.29 is 4.79 Å². The summed E-state index contributed by atoms with van der Waals surface area (Å²) >= 11 is 1.80. The minimum absolute atomic E-state index is 0.0409. The van der Waals surface area contributed by atoms with Gasteiger partial charge in [-0.05, 0) is 23.3 Å². The molecule has 1 heterocycles. The van der Waals surface area contributed by atoms with E-state index < -0.39 is 0 Å². The molecule has 14 heavy (non-hydrogen) atoms. The second kappa shape index (κ2) is 4.05. The van der Waals surface area contributed by atoms with Gasteiger partial charge in [0.15, 0.2) is 0 Å². The van der Waals surface area contributed by atoms with Crippen LogP contribution in [-0.4, -0.2) is 11.7 Å². The fraction of sp³-hybridized carbons (Fsp3) is 0.364. The van der Waals surface area contributed by atoms with Gasteiger partial charge < -0.3 is 5.32 Å². The number of nitrogens with one attached hydrogen (secondary N) is 1. The number of hydrogen-bond acceptors (Lipinski definition) is 2. The second-order valence-corrected chi connectivity index (χ2v) is 4.61. The summed E-state index contributed by atoms with van der Waals surface area (Å²) < 4.78 is 0. The highest BCUT2D eigenvalue weighted by atomic mass is 32.2. The van der Waals surface area contributed by atoms with E-state index in [1.165, 1.54) is 11.1 Å². The van der Waals surface area contributed by atoms with E-state index in [4.69, 9.17) is 0 Å². The lowest BCUT2D eigenvalue weighted by molar-refractivity contribution is -0.119. The van der Waals surface area contributed by atoms with Gasteiger partial charge in [0.1, 0.15) is 5.37 Å². The Morgan fingerprint density at radius 1 is 1.50 bits per heavy atom. The smallest absolute Gasteiger partial charge is 0.218 e. The van der Waals surface area contributed by atoms with Crippen LogP contribution < -0.4 is 5.32 Å². The first-order valence-corrected chi connectivity index (χ1v) is 5.79. The van der Waals surface area contributed by atoms with E-state index in [0.29, 0.717) is 0 Å². The van der Waals surface area contributed by atoms with Crippen LogP contribution in [-0.2, 0) is 11.2 Å². The highest BCUT2D eigenvalue weighted by Gasteiger charge is 2.20. The fourth-order valence-corrected chi connectivity index (χ4v) is 2.93. The topological polar surface area (TPSA) is 29.1 Å². The van der Waals surface area contributed by atoms with Crippen molar-refractivity contribution in [2.24, 2.45) is 0 Å². The molecule has 0 bridgehead atoms. The molecule has 0 spiro atoms. The molecule has 0 aliphatic carbocycles. The third-order valence-electron chi connectivity index (χ3n) is 2.33. The van der Waals surface area contributed by atoms with Gasteiger partial charge >= 0.3 is 0 Å². The van der Waals surface area contributed by atoms with E-state index >= 15 is 0 Å². The van der Waals surface area contributed by atoms with Crippen LogP contribution in [0.4, 0.5) is 0 Å². The fourth-order valence-electron chi connectivity index (χ4n) is 1.70. The lowest BCUT2D eigenvalue weighted by atomic mass is 10.0. The molecule has 1 amide bonds. The summed E-state index contributed by atoms with van der Waals surface area (Å²) in [6.07, 6.45) is 1.11. The molecule has 1 N–H and O–H groups in total. The van der Waals surface area contributed by atoms with E-state index in [-0.39, 0.29) is 11.3 Å². The Balaban J connectivity index is 2.26. The standard InChI is InChI=1S/C11H13NOS/c1-8(13)12-11-10-5-3-2-4-9(10)6-7-14-11/h2-5,11H,6-7H2,1H3,(H,12,13). The molecule has 1 unspecified atom stereocenters. The van der Waals surface area contributed by atoms with Gasteiger partial charge in [0.05, 0.1) is 0 Å². The van der Waals surface area contributed by atoms with E-state index in [9.17, 15) is 4.79 Å². The van der Waals surface area contributed by atoms with Crippen LogP contribution in [0.15, 0.2) is 24.3 Å². The van der Waals surface area contributed by atoms with Crippen LogP contribution in [0, 0.1) is 0 Å². The lowest BCUT2D eigenvalue weighted by Crippen LogP contribution is -2.27. The highest BCUT2D eigenvalue weighted by molar-refractivity contribution is 7.99. The number of hydrogen-bond donors (Lipinski definition) is 1. The third-order valence-corrected chi connectivity index (χ3v) is 3.47. The van der Waals surface area contributed by atoms with Crippen LogP contribution >= 0.6 is 11.8 Å². The van der Waals surface area contributed by atoms with E-state index in [1.807, 2.05) is 6.07 Å². The van der Waals surface area contributed by atoms with Crippen molar-refractivity contribution in [3.8, 4) is 0 Å². The van der Waals surface area contributed by atoms with Gasteiger partial charge in [0.2, 0.25) is 5.91 Å². The van der Waals surface area contributed by atoms with Crippen LogP contribution in [0.1, 0.15) is 23.4 Å². The summed E-state index contributed by atoms with van der Waals surface area (Å²) in [6, 6.07) is 8.32. The van der Waals surface area contributed by atoms with Crippen molar-refractivity contribution in [1.82, 2.24) is 5.32 Å². The molecule has 0 aromatic heterocycles. The lowest BCUT2D eigenvalue weighted by Gasteiger charge is -2.25. The molecule has 1 aliphatic heterocycles. The quantitative estimate of drug-likeness (QED) is 0.764. The molecule has 0 saturated carbocycles. The Hall–Kier alpha value is -0.960. The predicted octanol–water partition coefficient (Wildman–Crippen LogP) is 2.11. The third kappa shape index (κ3) is 1.93. The Kier molecular flexibility index (Phi) is 2.77. The minimum atomic E-state index is 0.0409. The van der Waals surface area contributed by atoms with E-state index in [2.05, 4.69) is 23.5 Å². The molecule has 3 heteroatoms. The molecule has 0 saturated heterocycles. The SMILES string of the molecule is CC(=O)NC1SCCc2ccccc21. The summed E-state index contributed by atoms with van der Waals surface area (Å²) in [5.41, 5.74) is 2.63. The number of carbonyl (C=O) groups excluding carboxylic acids is 1. The molecule has 1 aromatic carbocycles. The average molecular weight is 207 g/mol. The number of rotatable bonds is 1. The van der Waals surface area contributed by atoms with Gasteiger partial charge in [-0.25, -0.2) is 0 Å². The number of aryl methyl sites for hydroxylation is 1. The molecule has 74 valence electrons. The first-order chi connectivity index (χ1) is 6.77. The van der Waals surface area contributed by atoms with Crippen LogP contribution in [0.25, 0.3) is 0 Å². The van der Waals surface area contributed by atoms with Crippen molar-refractivity contribution in [3.63, 3.8) is 0 Å². The van der Waals surface area contributed by atoms with Gasteiger partial charge in [0, 0.05) is 6.92 Å². The zero-order valence-corrected chi connectivity index (χ0v) is 8.93. The summed E-state index contributed by atoms with van der Waals surface area (Å²) in [5.74, 6) is 1.13. The predicted molar refractivity (Wildman–Crippen MR) is 59.2 cm³/mol. The van der Waals surface area contributed by atoms with Crippen molar-refractivity contribution >= 4 is 17.7 Å². The van der Waals surface area contributed by atoms with Crippen LogP contribution in [0.5, 0.6) is 0 Å². The molecule has 2 rings (SSSR count). The van der Waals surface area contributed by atoms with Gasteiger partial charge in [-0.3, -0.25) is 4.79 Å². The number of amides is 1.